The number of hydrogen-bond donors (Lipinski definition) is 0. The number of piperidine rings is 1. The van der Waals surface area contributed by atoms with Crippen LogP contribution in [0.4, 0.5) is 4.39 Å². The minimum Gasteiger partial charge on any atom is -0.330 e. The van der Waals surface area contributed by atoms with Crippen LogP contribution in [0.15, 0.2) is 30.3 Å². The number of benzene rings is 1. The summed E-state index contributed by atoms with van der Waals surface area (Å²) in [7, 11) is 0. The molecule has 1 atom stereocenters. The lowest BCUT2D eigenvalue weighted by Gasteiger charge is -2.36. The molecule has 1 aliphatic rings. The van der Waals surface area contributed by atoms with Gasteiger partial charge >= 0.3 is 0 Å². The molecule has 26 heavy (non-hydrogen) atoms. The van der Waals surface area contributed by atoms with Gasteiger partial charge in [0.1, 0.15) is 11.5 Å². The van der Waals surface area contributed by atoms with Crippen LogP contribution in [0.1, 0.15) is 67.8 Å². The van der Waals surface area contributed by atoms with Crippen molar-refractivity contribution in [2.75, 3.05) is 6.54 Å². The molecule has 1 fully saturated rings. The molecule has 0 bridgehead atoms. The summed E-state index contributed by atoms with van der Waals surface area (Å²) in [6.07, 6.45) is 3.87. The van der Waals surface area contributed by atoms with Gasteiger partial charge in [0.25, 0.3) is 5.91 Å². The zero-order valence-electron chi connectivity index (χ0n) is 15.9. The molecule has 2 heterocycles. The number of halogens is 1. The molecule has 2 aromatic rings. The Balaban J connectivity index is 1.89. The number of carbonyl (C=O) groups is 1. The standard InChI is InChI=1S/C21H28FN3O/c1-4-25-20(14-18(23-25)13-15(2)3)21(26)24-12-6-5-7-19(24)16-8-10-17(22)11-9-16/h8-11,14-15,19H,4-7,12-13H2,1-3H3/t19-/m1/s1. The van der Waals surface area contributed by atoms with E-state index < -0.39 is 0 Å². The van der Waals surface area contributed by atoms with Gasteiger partial charge in [0.05, 0.1) is 11.7 Å². The van der Waals surface area contributed by atoms with Crippen molar-refractivity contribution >= 4 is 5.91 Å². The highest BCUT2D eigenvalue weighted by Crippen LogP contribution is 2.32. The molecule has 1 aliphatic heterocycles. The van der Waals surface area contributed by atoms with Crippen LogP contribution in [0.25, 0.3) is 0 Å². The number of aryl methyl sites for hydroxylation is 1. The van der Waals surface area contributed by atoms with Crippen LogP contribution in [-0.2, 0) is 13.0 Å². The van der Waals surface area contributed by atoms with E-state index in [1.54, 1.807) is 12.1 Å². The van der Waals surface area contributed by atoms with Gasteiger partial charge in [0, 0.05) is 13.1 Å². The summed E-state index contributed by atoms with van der Waals surface area (Å²) >= 11 is 0. The number of aromatic nitrogens is 2. The summed E-state index contributed by atoms with van der Waals surface area (Å²) in [5.74, 6) is 0.285. The fraction of sp³-hybridized carbons (Fsp3) is 0.524. The van der Waals surface area contributed by atoms with Gasteiger partial charge in [0.15, 0.2) is 0 Å². The van der Waals surface area contributed by atoms with Crippen molar-refractivity contribution in [2.24, 2.45) is 5.92 Å². The van der Waals surface area contributed by atoms with Gasteiger partial charge in [-0.05, 0) is 62.3 Å². The minimum absolute atomic E-state index is 0.00519. The Morgan fingerprint density at radius 2 is 2.00 bits per heavy atom. The Labute approximate surface area is 155 Å². The molecule has 0 radical (unpaired) electrons. The van der Waals surface area contributed by atoms with Gasteiger partial charge in [-0.3, -0.25) is 9.48 Å². The van der Waals surface area contributed by atoms with E-state index in [2.05, 4.69) is 18.9 Å². The molecule has 1 aromatic carbocycles. The highest BCUT2D eigenvalue weighted by atomic mass is 19.1. The molecule has 0 saturated carbocycles. The average Bonchev–Trinajstić information content (AvgIpc) is 3.04. The molecule has 1 aromatic heterocycles. The van der Waals surface area contributed by atoms with Crippen LogP contribution in [-0.4, -0.2) is 27.1 Å². The van der Waals surface area contributed by atoms with Gasteiger partial charge in [-0.15, -0.1) is 0 Å². The maximum Gasteiger partial charge on any atom is 0.272 e. The summed E-state index contributed by atoms with van der Waals surface area (Å²) in [5, 5.41) is 4.61. The van der Waals surface area contributed by atoms with Crippen LogP contribution >= 0.6 is 0 Å². The van der Waals surface area contributed by atoms with Gasteiger partial charge in [-0.2, -0.15) is 5.10 Å². The molecule has 0 spiro atoms. The zero-order valence-corrected chi connectivity index (χ0v) is 15.9. The first kappa shape index (κ1) is 18.6. The summed E-state index contributed by atoms with van der Waals surface area (Å²) in [5.41, 5.74) is 2.64. The van der Waals surface area contributed by atoms with Crippen LogP contribution in [0.3, 0.4) is 0 Å². The summed E-state index contributed by atoms with van der Waals surface area (Å²) in [6, 6.07) is 8.50. The Bertz CT molecular complexity index is 751. The lowest BCUT2D eigenvalue weighted by molar-refractivity contribution is 0.0598. The fourth-order valence-corrected chi connectivity index (χ4v) is 3.75. The molecule has 1 amide bonds. The largest absolute Gasteiger partial charge is 0.330 e. The predicted molar refractivity (Wildman–Crippen MR) is 100 cm³/mol. The molecule has 140 valence electrons. The van der Waals surface area contributed by atoms with E-state index in [1.165, 1.54) is 12.1 Å². The monoisotopic (exact) mass is 357 g/mol. The van der Waals surface area contributed by atoms with Crippen LogP contribution in [0, 0.1) is 11.7 Å². The third-order valence-corrected chi connectivity index (χ3v) is 4.99. The van der Waals surface area contributed by atoms with E-state index in [0.29, 0.717) is 18.2 Å². The fourth-order valence-electron chi connectivity index (χ4n) is 3.75. The average molecular weight is 357 g/mol. The molecule has 5 heteroatoms. The Morgan fingerprint density at radius 3 is 2.65 bits per heavy atom. The van der Waals surface area contributed by atoms with Crippen molar-refractivity contribution in [2.45, 2.75) is 59.0 Å². The van der Waals surface area contributed by atoms with Gasteiger partial charge < -0.3 is 4.90 Å². The van der Waals surface area contributed by atoms with Crippen molar-refractivity contribution in [3.8, 4) is 0 Å². The molecule has 0 N–H and O–H groups in total. The molecule has 1 saturated heterocycles. The topological polar surface area (TPSA) is 38.1 Å². The van der Waals surface area contributed by atoms with Crippen molar-refractivity contribution in [3.63, 3.8) is 0 Å². The van der Waals surface area contributed by atoms with Crippen LogP contribution in [0.5, 0.6) is 0 Å². The second kappa shape index (κ2) is 8.02. The van der Waals surface area contributed by atoms with Gasteiger partial charge in [-0.25, -0.2) is 4.39 Å². The Morgan fingerprint density at radius 1 is 1.27 bits per heavy atom. The summed E-state index contributed by atoms with van der Waals surface area (Å²) in [6.45, 7) is 7.73. The number of likely N-dealkylation sites (tertiary alicyclic amines) is 1. The second-order valence-corrected chi connectivity index (χ2v) is 7.50. The number of nitrogens with zero attached hydrogens (tertiary/aromatic N) is 3. The van der Waals surface area contributed by atoms with Crippen LogP contribution < -0.4 is 0 Å². The molecule has 0 aliphatic carbocycles. The lowest BCUT2D eigenvalue weighted by atomic mass is 9.95. The number of amides is 1. The van der Waals surface area contributed by atoms with Crippen molar-refractivity contribution in [1.82, 2.24) is 14.7 Å². The quantitative estimate of drug-likeness (QED) is 0.784. The van der Waals surface area contributed by atoms with Gasteiger partial charge in [-0.1, -0.05) is 26.0 Å². The van der Waals surface area contributed by atoms with E-state index in [0.717, 1.165) is 43.5 Å². The lowest BCUT2D eigenvalue weighted by Crippen LogP contribution is -2.39. The first-order valence-corrected chi connectivity index (χ1v) is 9.62. The normalized spacial score (nSPS) is 17.7. The minimum atomic E-state index is -0.246. The maximum absolute atomic E-state index is 13.3. The molecular formula is C21H28FN3O. The molecule has 4 nitrogen and oxygen atoms in total. The second-order valence-electron chi connectivity index (χ2n) is 7.50. The number of carbonyl (C=O) groups excluding carboxylic acids is 1. The third kappa shape index (κ3) is 3.97. The smallest absolute Gasteiger partial charge is 0.272 e. The number of rotatable bonds is 5. The van der Waals surface area contributed by atoms with Crippen molar-refractivity contribution in [3.05, 3.63) is 53.1 Å². The molecule has 3 rings (SSSR count). The first-order chi connectivity index (χ1) is 12.5. The van der Waals surface area contributed by atoms with Crippen molar-refractivity contribution in [1.29, 1.82) is 0 Å². The molecular weight excluding hydrogens is 329 g/mol. The van der Waals surface area contributed by atoms with E-state index in [4.69, 9.17) is 0 Å². The van der Waals surface area contributed by atoms with E-state index in [9.17, 15) is 9.18 Å². The number of hydrogen-bond acceptors (Lipinski definition) is 2. The highest BCUT2D eigenvalue weighted by Gasteiger charge is 2.30. The highest BCUT2D eigenvalue weighted by molar-refractivity contribution is 5.93. The third-order valence-electron chi connectivity index (χ3n) is 4.99. The first-order valence-electron chi connectivity index (χ1n) is 9.62. The van der Waals surface area contributed by atoms with E-state index in [-0.39, 0.29) is 17.8 Å². The predicted octanol–water partition coefficient (Wildman–Crippen LogP) is 4.61. The van der Waals surface area contributed by atoms with Crippen LogP contribution in [0.2, 0.25) is 0 Å². The summed E-state index contributed by atoms with van der Waals surface area (Å²) in [4.78, 5) is 15.3. The zero-order chi connectivity index (χ0) is 18.7. The Hall–Kier alpha value is -2.17. The van der Waals surface area contributed by atoms with Crippen molar-refractivity contribution < 1.29 is 9.18 Å². The Kier molecular flexibility index (Phi) is 5.74. The van der Waals surface area contributed by atoms with Gasteiger partial charge in [0.2, 0.25) is 0 Å². The van der Waals surface area contributed by atoms with E-state index in [1.807, 2.05) is 22.6 Å². The summed E-state index contributed by atoms with van der Waals surface area (Å²) < 4.78 is 15.1. The molecule has 0 unspecified atom stereocenters. The SMILES string of the molecule is CCn1nc(CC(C)C)cc1C(=O)N1CCCC[C@@H]1c1ccc(F)cc1. The maximum atomic E-state index is 13.3. The van der Waals surface area contributed by atoms with E-state index >= 15 is 0 Å².